The Hall–Kier alpha value is -3.95. The fourth-order valence-corrected chi connectivity index (χ4v) is 3.79. The number of nitrogens with one attached hydrogen (secondary N) is 1. The standard InChI is InChI=1S/C24H24FN5O4/c1-24(2,3)34-23(31)30-11-9-14(12-30)32-19-7-5-17-21(29-19)22(28-13-27-17)33-18-6-4-16-15(20(18)25)8-10-26-16/h4-8,10,13-14,26H,9,11-12H2,1-3H3/t14-/m0/s1. The lowest BCUT2D eigenvalue weighted by atomic mass is 10.2. The zero-order valence-corrected chi connectivity index (χ0v) is 19.0. The van der Waals surface area contributed by atoms with Gasteiger partial charge in [0, 0.05) is 36.1 Å². The Morgan fingerprint density at radius 3 is 2.85 bits per heavy atom. The Bertz CT molecular complexity index is 1370. The average molecular weight is 465 g/mol. The summed E-state index contributed by atoms with van der Waals surface area (Å²) in [6, 6.07) is 8.34. The van der Waals surface area contributed by atoms with Crippen LogP contribution in [0.15, 0.2) is 42.9 Å². The summed E-state index contributed by atoms with van der Waals surface area (Å²) in [7, 11) is 0. The highest BCUT2D eigenvalue weighted by atomic mass is 19.1. The number of aromatic amines is 1. The van der Waals surface area contributed by atoms with Crippen molar-refractivity contribution < 1.29 is 23.4 Å². The predicted octanol–water partition coefficient (Wildman–Crippen LogP) is 4.83. The fraction of sp³-hybridized carbons (Fsp3) is 0.333. The van der Waals surface area contributed by atoms with E-state index in [1.807, 2.05) is 20.8 Å². The Labute approximate surface area is 194 Å². The summed E-state index contributed by atoms with van der Waals surface area (Å²) < 4.78 is 32.1. The van der Waals surface area contributed by atoms with Crippen molar-refractivity contribution in [2.75, 3.05) is 13.1 Å². The van der Waals surface area contributed by atoms with Crippen molar-refractivity contribution in [2.24, 2.45) is 0 Å². The van der Waals surface area contributed by atoms with Crippen LogP contribution in [-0.4, -0.2) is 55.7 Å². The summed E-state index contributed by atoms with van der Waals surface area (Å²) >= 11 is 0. The molecule has 0 bridgehead atoms. The summed E-state index contributed by atoms with van der Waals surface area (Å²) in [6.07, 6.45) is 3.04. The third-order valence-corrected chi connectivity index (χ3v) is 5.35. The molecule has 176 valence electrons. The van der Waals surface area contributed by atoms with Gasteiger partial charge in [-0.2, -0.15) is 4.98 Å². The number of nitrogens with zero attached hydrogens (tertiary/aromatic N) is 4. The molecule has 1 aromatic carbocycles. The SMILES string of the molecule is CC(C)(C)OC(=O)N1CC[C@H](Oc2ccc3ncnc(Oc4ccc5[nH]ccc5c4F)c3n2)C1. The van der Waals surface area contributed by atoms with Crippen LogP contribution in [0.2, 0.25) is 0 Å². The largest absolute Gasteiger partial charge is 0.472 e. The van der Waals surface area contributed by atoms with Crippen LogP contribution in [0.5, 0.6) is 17.5 Å². The van der Waals surface area contributed by atoms with Crippen molar-refractivity contribution >= 4 is 28.0 Å². The highest BCUT2D eigenvalue weighted by Gasteiger charge is 2.31. The lowest BCUT2D eigenvalue weighted by molar-refractivity contribution is 0.0275. The maximum atomic E-state index is 14.9. The number of benzene rings is 1. The molecule has 1 saturated heterocycles. The predicted molar refractivity (Wildman–Crippen MR) is 123 cm³/mol. The first kappa shape index (κ1) is 21.9. The summed E-state index contributed by atoms with van der Waals surface area (Å²) in [6.45, 7) is 6.42. The zero-order valence-electron chi connectivity index (χ0n) is 19.0. The maximum absolute atomic E-state index is 14.9. The fourth-order valence-electron chi connectivity index (χ4n) is 3.79. The number of hydrogen-bond acceptors (Lipinski definition) is 7. The molecule has 9 nitrogen and oxygen atoms in total. The van der Waals surface area contributed by atoms with Crippen molar-refractivity contribution in [1.82, 2.24) is 24.8 Å². The van der Waals surface area contributed by atoms with Crippen LogP contribution < -0.4 is 9.47 Å². The quantitative estimate of drug-likeness (QED) is 0.461. The first-order valence-corrected chi connectivity index (χ1v) is 11.0. The molecule has 1 aliphatic heterocycles. The topological polar surface area (TPSA) is 102 Å². The molecule has 0 spiro atoms. The molecule has 1 atom stereocenters. The lowest BCUT2D eigenvalue weighted by Gasteiger charge is -2.24. The second kappa shape index (κ2) is 8.44. The van der Waals surface area contributed by atoms with Gasteiger partial charge in [0.25, 0.3) is 0 Å². The number of H-pyrrole nitrogens is 1. The molecule has 0 aliphatic carbocycles. The number of ether oxygens (including phenoxy) is 3. The van der Waals surface area contributed by atoms with Crippen LogP contribution in [0.4, 0.5) is 9.18 Å². The minimum absolute atomic E-state index is 0.0315. The van der Waals surface area contributed by atoms with Gasteiger partial charge in [-0.25, -0.2) is 19.2 Å². The monoisotopic (exact) mass is 465 g/mol. The normalized spacial score (nSPS) is 16.2. The Balaban J connectivity index is 1.35. The highest BCUT2D eigenvalue weighted by molar-refractivity contribution is 5.83. The van der Waals surface area contributed by atoms with Crippen molar-refractivity contribution in [3.63, 3.8) is 0 Å². The van der Waals surface area contributed by atoms with Crippen LogP contribution in [0, 0.1) is 5.82 Å². The summed E-state index contributed by atoms with van der Waals surface area (Å²) in [5.74, 6) is -0.00842. The highest BCUT2D eigenvalue weighted by Crippen LogP contribution is 2.32. The van der Waals surface area contributed by atoms with E-state index in [1.54, 1.807) is 35.4 Å². The van der Waals surface area contributed by atoms with Gasteiger partial charge in [-0.3, -0.25) is 0 Å². The number of amides is 1. The van der Waals surface area contributed by atoms with E-state index in [2.05, 4.69) is 19.9 Å². The minimum Gasteiger partial charge on any atom is -0.472 e. The van der Waals surface area contributed by atoms with Crippen LogP contribution in [-0.2, 0) is 4.74 Å². The molecule has 4 aromatic rings. The Kier molecular flexibility index (Phi) is 5.43. The molecule has 5 rings (SSSR count). The number of carbonyl (C=O) groups is 1. The second-order valence-electron chi connectivity index (χ2n) is 9.07. The molecule has 34 heavy (non-hydrogen) atoms. The lowest BCUT2D eigenvalue weighted by Crippen LogP contribution is -2.36. The number of halogens is 1. The number of aromatic nitrogens is 4. The van der Waals surface area contributed by atoms with Gasteiger partial charge in [-0.15, -0.1) is 0 Å². The first-order chi connectivity index (χ1) is 16.3. The van der Waals surface area contributed by atoms with E-state index in [1.165, 1.54) is 12.4 Å². The molecular weight excluding hydrogens is 441 g/mol. The molecule has 3 aromatic heterocycles. The summed E-state index contributed by atoms with van der Waals surface area (Å²) in [5.41, 5.74) is 0.985. The second-order valence-corrected chi connectivity index (χ2v) is 9.07. The van der Waals surface area contributed by atoms with Gasteiger partial charge in [0.2, 0.25) is 11.8 Å². The third-order valence-electron chi connectivity index (χ3n) is 5.35. The van der Waals surface area contributed by atoms with Crippen molar-refractivity contribution in [3.8, 4) is 17.5 Å². The molecule has 1 amide bonds. The number of carbonyl (C=O) groups excluding carboxylic acids is 1. The van der Waals surface area contributed by atoms with E-state index in [9.17, 15) is 9.18 Å². The van der Waals surface area contributed by atoms with E-state index in [-0.39, 0.29) is 23.8 Å². The zero-order chi connectivity index (χ0) is 23.9. The molecule has 10 heteroatoms. The number of fused-ring (bicyclic) bond motifs is 2. The van der Waals surface area contributed by atoms with Gasteiger partial charge in [0.05, 0.1) is 12.1 Å². The van der Waals surface area contributed by atoms with Gasteiger partial charge in [0.15, 0.2) is 17.1 Å². The van der Waals surface area contributed by atoms with Gasteiger partial charge in [-0.05, 0) is 45.0 Å². The molecule has 0 saturated carbocycles. The van der Waals surface area contributed by atoms with Gasteiger partial charge >= 0.3 is 6.09 Å². The summed E-state index contributed by atoms with van der Waals surface area (Å²) in [5, 5.41) is 0.420. The van der Waals surface area contributed by atoms with E-state index in [0.29, 0.717) is 47.3 Å². The third kappa shape index (κ3) is 4.43. The number of pyridine rings is 1. The Morgan fingerprint density at radius 1 is 1.18 bits per heavy atom. The van der Waals surface area contributed by atoms with Crippen molar-refractivity contribution in [1.29, 1.82) is 0 Å². The average Bonchev–Trinajstić information content (AvgIpc) is 3.45. The van der Waals surface area contributed by atoms with E-state index < -0.39 is 11.4 Å². The molecular formula is C24H24FN5O4. The number of hydrogen-bond donors (Lipinski definition) is 1. The maximum Gasteiger partial charge on any atom is 0.410 e. The first-order valence-electron chi connectivity index (χ1n) is 11.0. The Morgan fingerprint density at radius 2 is 2.03 bits per heavy atom. The molecule has 0 radical (unpaired) electrons. The van der Waals surface area contributed by atoms with E-state index >= 15 is 0 Å². The van der Waals surface area contributed by atoms with Gasteiger partial charge < -0.3 is 24.1 Å². The molecule has 1 fully saturated rings. The van der Waals surface area contributed by atoms with Crippen LogP contribution in [0.1, 0.15) is 27.2 Å². The van der Waals surface area contributed by atoms with Crippen molar-refractivity contribution in [3.05, 3.63) is 48.7 Å². The molecule has 1 aliphatic rings. The van der Waals surface area contributed by atoms with Gasteiger partial charge in [0.1, 0.15) is 18.0 Å². The van der Waals surface area contributed by atoms with Crippen LogP contribution >= 0.6 is 0 Å². The van der Waals surface area contributed by atoms with Crippen molar-refractivity contribution in [2.45, 2.75) is 38.9 Å². The van der Waals surface area contributed by atoms with E-state index in [4.69, 9.17) is 14.2 Å². The van der Waals surface area contributed by atoms with Crippen LogP contribution in [0.25, 0.3) is 21.9 Å². The number of rotatable bonds is 4. The summed E-state index contributed by atoms with van der Waals surface area (Å²) in [4.78, 5) is 29.8. The number of likely N-dealkylation sites (tertiary alicyclic amines) is 1. The smallest absolute Gasteiger partial charge is 0.410 e. The molecule has 4 heterocycles. The molecule has 0 unspecified atom stereocenters. The minimum atomic E-state index is -0.558. The van der Waals surface area contributed by atoms with E-state index in [0.717, 1.165) is 0 Å². The van der Waals surface area contributed by atoms with Gasteiger partial charge in [-0.1, -0.05) is 0 Å². The molecule has 1 N–H and O–H groups in total. The van der Waals surface area contributed by atoms with Crippen LogP contribution in [0.3, 0.4) is 0 Å².